The van der Waals surface area contributed by atoms with E-state index in [1.54, 1.807) is 36.4 Å². The van der Waals surface area contributed by atoms with Crippen molar-refractivity contribution in [3.63, 3.8) is 0 Å². The Balaban J connectivity index is 1.40. The molecule has 0 fully saturated rings. The molecule has 4 nitrogen and oxygen atoms in total. The van der Waals surface area contributed by atoms with Gasteiger partial charge in [0.15, 0.2) is 0 Å². The van der Waals surface area contributed by atoms with Crippen molar-refractivity contribution >= 4 is 29.3 Å². The number of hydrogen-bond acceptors (Lipinski definition) is 4. The van der Waals surface area contributed by atoms with E-state index in [9.17, 15) is 14.0 Å². The summed E-state index contributed by atoms with van der Waals surface area (Å²) in [4.78, 5) is 24.1. The molecule has 3 aromatic carbocycles. The average Bonchev–Trinajstić information content (AvgIpc) is 2.75. The number of carbonyl (C=O) groups is 2. The minimum atomic E-state index is -0.317. The second-order valence-electron chi connectivity index (χ2n) is 6.30. The number of ether oxygens (including phenoxy) is 1. The van der Waals surface area contributed by atoms with E-state index in [0.29, 0.717) is 11.3 Å². The van der Waals surface area contributed by atoms with E-state index in [2.05, 4.69) is 5.32 Å². The zero-order chi connectivity index (χ0) is 20.5. The van der Waals surface area contributed by atoms with Crippen LogP contribution >= 0.6 is 11.8 Å². The number of halogens is 1. The maximum absolute atomic E-state index is 12.9. The molecular weight excluding hydrogens is 389 g/mol. The number of anilines is 1. The molecule has 148 valence electrons. The quantitative estimate of drug-likeness (QED) is 0.529. The molecule has 3 rings (SSSR count). The molecule has 0 radical (unpaired) electrons. The molecule has 0 aliphatic heterocycles. The van der Waals surface area contributed by atoms with Gasteiger partial charge in [-0.1, -0.05) is 42.5 Å². The Morgan fingerprint density at radius 3 is 2.21 bits per heavy atom. The molecule has 0 saturated carbocycles. The molecule has 0 heterocycles. The first-order chi connectivity index (χ1) is 14.1. The molecule has 0 bridgehead atoms. The Morgan fingerprint density at radius 2 is 1.52 bits per heavy atom. The van der Waals surface area contributed by atoms with Gasteiger partial charge < -0.3 is 10.1 Å². The third-order valence-electron chi connectivity index (χ3n) is 4.05. The molecule has 6 heteroatoms. The second kappa shape index (κ2) is 10.4. The monoisotopic (exact) mass is 409 g/mol. The van der Waals surface area contributed by atoms with Gasteiger partial charge in [-0.3, -0.25) is 9.59 Å². The number of rotatable bonds is 8. The van der Waals surface area contributed by atoms with Crippen LogP contribution in [-0.2, 0) is 21.9 Å². The van der Waals surface area contributed by atoms with Crippen LogP contribution < -0.4 is 5.32 Å². The van der Waals surface area contributed by atoms with E-state index in [4.69, 9.17) is 4.74 Å². The van der Waals surface area contributed by atoms with Crippen LogP contribution in [0.1, 0.15) is 21.5 Å². The first-order valence-corrected chi connectivity index (χ1v) is 10.2. The molecule has 0 aromatic heterocycles. The number of hydrogen-bond donors (Lipinski definition) is 1. The Bertz CT molecular complexity index is 944. The van der Waals surface area contributed by atoms with Gasteiger partial charge in [-0.25, -0.2) is 4.39 Å². The minimum absolute atomic E-state index is 0.149. The van der Waals surface area contributed by atoms with Crippen LogP contribution in [0.5, 0.6) is 0 Å². The maximum Gasteiger partial charge on any atom is 0.316 e. The van der Waals surface area contributed by atoms with Crippen LogP contribution in [-0.4, -0.2) is 17.6 Å². The van der Waals surface area contributed by atoms with Crippen molar-refractivity contribution in [2.45, 2.75) is 12.4 Å². The topological polar surface area (TPSA) is 55.4 Å². The minimum Gasteiger partial charge on any atom is -0.460 e. The van der Waals surface area contributed by atoms with Crippen LogP contribution in [0.25, 0.3) is 0 Å². The molecule has 0 aliphatic carbocycles. The van der Waals surface area contributed by atoms with Gasteiger partial charge in [-0.2, -0.15) is 0 Å². The van der Waals surface area contributed by atoms with Crippen molar-refractivity contribution in [2.75, 3.05) is 11.1 Å². The highest BCUT2D eigenvalue weighted by Gasteiger charge is 2.08. The fraction of sp³-hybridized carbons (Fsp3) is 0.130. The number of para-hydroxylation sites is 1. The van der Waals surface area contributed by atoms with Gasteiger partial charge in [-0.05, 0) is 47.5 Å². The first kappa shape index (κ1) is 20.6. The van der Waals surface area contributed by atoms with E-state index in [1.165, 1.54) is 23.9 Å². The Hall–Kier alpha value is -3.12. The fourth-order valence-electron chi connectivity index (χ4n) is 2.52. The summed E-state index contributed by atoms with van der Waals surface area (Å²) in [5, 5.41) is 2.82. The summed E-state index contributed by atoms with van der Waals surface area (Å²) in [7, 11) is 0. The summed E-state index contributed by atoms with van der Waals surface area (Å²) in [6.07, 6.45) is 0. The van der Waals surface area contributed by atoms with E-state index >= 15 is 0 Å². The summed E-state index contributed by atoms with van der Waals surface area (Å²) in [6.45, 7) is 0.149. The van der Waals surface area contributed by atoms with Crippen molar-refractivity contribution < 1.29 is 18.7 Å². The first-order valence-electron chi connectivity index (χ1n) is 9.03. The summed E-state index contributed by atoms with van der Waals surface area (Å²) in [6, 6.07) is 22.3. The predicted octanol–water partition coefficient (Wildman–Crippen LogP) is 5.05. The largest absolute Gasteiger partial charge is 0.460 e. The molecule has 0 unspecified atom stereocenters. The fourth-order valence-corrected chi connectivity index (χ4v) is 3.30. The second-order valence-corrected chi connectivity index (χ2v) is 7.28. The Morgan fingerprint density at radius 1 is 0.862 bits per heavy atom. The van der Waals surface area contributed by atoms with Gasteiger partial charge in [0.25, 0.3) is 5.91 Å². The van der Waals surface area contributed by atoms with Gasteiger partial charge in [0.05, 0.1) is 5.75 Å². The van der Waals surface area contributed by atoms with Crippen LogP contribution in [0.15, 0.2) is 78.9 Å². The number of thioether (sulfide) groups is 1. The zero-order valence-electron chi connectivity index (χ0n) is 15.6. The van der Waals surface area contributed by atoms with E-state index in [0.717, 1.165) is 16.8 Å². The summed E-state index contributed by atoms with van der Waals surface area (Å²) in [5.74, 6) is 0.0388. The number of carbonyl (C=O) groups excluding carboxylic acids is 2. The van der Waals surface area contributed by atoms with E-state index < -0.39 is 0 Å². The highest BCUT2D eigenvalue weighted by atomic mass is 32.2. The van der Waals surface area contributed by atoms with Gasteiger partial charge >= 0.3 is 5.97 Å². The molecule has 0 spiro atoms. The lowest BCUT2D eigenvalue weighted by molar-refractivity contribution is -0.141. The third kappa shape index (κ3) is 6.76. The smallest absolute Gasteiger partial charge is 0.316 e. The maximum atomic E-state index is 12.9. The highest BCUT2D eigenvalue weighted by molar-refractivity contribution is 7.99. The van der Waals surface area contributed by atoms with Crippen molar-refractivity contribution in [3.05, 3.63) is 101 Å². The molecule has 1 amide bonds. The molecule has 0 atom stereocenters. The number of nitrogens with one attached hydrogen (secondary N) is 1. The molecule has 3 aromatic rings. The number of benzene rings is 3. The summed E-state index contributed by atoms with van der Waals surface area (Å²) < 4.78 is 18.1. The van der Waals surface area contributed by atoms with Crippen LogP contribution in [0.3, 0.4) is 0 Å². The molecule has 0 saturated heterocycles. The molecule has 29 heavy (non-hydrogen) atoms. The van der Waals surface area contributed by atoms with Crippen LogP contribution in [0.4, 0.5) is 10.1 Å². The number of esters is 1. The van der Waals surface area contributed by atoms with Gasteiger partial charge in [0, 0.05) is 17.0 Å². The van der Waals surface area contributed by atoms with E-state index in [1.807, 2.05) is 30.3 Å². The SMILES string of the molecule is O=C(CSCc1ccc(F)cc1)OCc1ccc(C(=O)Nc2ccccc2)cc1. The van der Waals surface area contributed by atoms with Crippen molar-refractivity contribution in [2.24, 2.45) is 0 Å². The molecule has 1 N–H and O–H groups in total. The normalized spacial score (nSPS) is 10.4. The highest BCUT2D eigenvalue weighted by Crippen LogP contribution is 2.14. The van der Waals surface area contributed by atoms with Crippen molar-refractivity contribution in [1.82, 2.24) is 0 Å². The zero-order valence-corrected chi connectivity index (χ0v) is 16.5. The predicted molar refractivity (Wildman–Crippen MR) is 113 cm³/mol. The Kier molecular flexibility index (Phi) is 7.41. The van der Waals surface area contributed by atoms with Gasteiger partial charge in [0.2, 0.25) is 0 Å². The summed E-state index contributed by atoms with van der Waals surface area (Å²) in [5.41, 5.74) is 3.01. The summed E-state index contributed by atoms with van der Waals surface area (Å²) >= 11 is 1.41. The van der Waals surface area contributed by atoms with E-state index in [-0.39, 0.29) is 30.1 Å². The lowest BCUT2D eigenvalue weighted by Gasteiger charge is -2.07. The van der Waals surface area contributed by atoms with Gasteiger partial charge in [-0.15, -0.1) is 11.8 Å². The Labute approximate surface area is 173 Å². The molecule has 0 aliphatic rings. The van der Waals surface area contributed by atoms with Crippen LogP contribution in [0, 0.1) is 5.82 Å². The molecular formula is C23H20FNO3S. The van der Waals surface area contributed by atoms with Gasteiger partial charge in [0.1, 0.15) is 12.4 Å². The van der Waals surface area contributed by atoms with Crippen molar-refractivity contribution in [3.8, 4) is 0 Å². The lowest BCUT2D eigenvalue weighted by Crippen LogP contribution is -2.12. The third-order valence-corrected chi connectivity index (χ3v) is 5.03. The lowest BCUT2D eigenvalue weighted by atomic mass is 10.1. The van der Waals surface area contributed by atoms with Crippen LogP contribution in [0.2, 0.25) is 0 Å². The number of amides is 1. The average molecular weight is 409 g/mol. The standard InChI is InChI=1S/C23H20FNO3S/c24-20-12-8-18(9-13-20)15-29-16-22(26)28-14-17-6-10-19(11-7-17)23(27)25-21-4-2-1-3-5-21/h1-13H,14-16H2,(H,25,27). The van der Waals surface area contributed by atoms with Crippen molar-refractivity contribution in [1.29, 1.82) is 0 Å².